The molecule has 1 heterocycles. The van der Waals surface area contributed by atoms with Crippen molar-refractivity contribution in [2.45, 2.75) is 26.7 Å². The molecule has 0 amide bonds. The number of aryl methyl sites for hydroxylation is 1. The lowest BCUT2D eigenvalue weighted by Crippen LogP contribution is -2.10. The second-order valence-corrected chi connectivity index (χ2v) is 6.50. The van der Waals surface area contributed by atoms with E-state index in [1.54, 1.807) is 18.7 Å². The molecule has 1 rings (SSSR count). The monoisotopic (exact) mass is 258 g/mol. The molecule has 17 heavy (non-hydrogen) atoms. The minimum absolute atomic E-state index is 0.0399. The fraction of sp³-hybridized carbons (Fsp3) is 0.636. The highest BCUT2D eigenvalue weighted by Gasteiger charge is 2.14. The molecule has 0 saturated carbocycles. The highest BCUT2D eigenvalue weighted by Crippen LogP contribution is 2.10. The molecule has 0 N–H and O–H groups in total. The summed E-state index contributed by atoms with van der Waals surface area (Å²) in [5.74, 6) is 0.170. The SMILES string of the molecule is CCS(=O)(=O)CCCC(=O)c1cnn(C)c1C. The highest BCUT2D eigenvalue weighted by molar-refractivity contribution is 7.91. The van der Waals surface area contributed by atoms with Crippen molar-refractivity contribution in [3.05, 3.63) is 17.5 Å². The maximum Gasteiger partial charge on any atom is 0.166 e. The van der Waals surface area contributed by atoms with E-state index in [1.807, 2.05) is 6.92 Å². The first-order valence-electron chi connectivity index (χ1n) is 5.59. The van der Waals surface area contributed by atoms with Crippen LogP contribution in [0.5, 0.6) is 0 Å². The summed E-state index contributed by atoms with van der Waals surface area (Å²) < 4.78 is 24.2. The Kier molecular flexibility index (Phi) is 4.45. The predicted octanol–water partition coefficient (Wildman–Crippen LogP) is 1.13. The van der Waals surface area contributed by atoms with Crippen molar-refractivity contribution in [3.8, 4) is 0 Å². The molecule has 0 radical (unpaired) electrons. The van der Waals surface area contributed by atoms with Crippen molar-refractivity contribution in [3.63, 3.8) is 0 Å². The summed E-state index contributed by atoms with van der Waals surface area (Å²) in [6.45, 7) is 3.44. The van der Waals surface area contributed by atoms with Crippen LogP contribution in [0, 0.1) is 6.92 Å². The highest BCUT2D eigenvalue weighted by atomic mass is 32.2. The van der Waals surface area contributed by atoms with E-state index < -0.39 is 9.84 Å². The van der Waals surface area contributed by atoms with Gasteiger partial charge in [-0.25, -0.2) is 8.42 Å². The number of nitrogens with zero attached hydrogens (tertiary/aromatic N) is 2. The molecule has 0 saturated heterocycles. The molecule has 0 aromatic carbocycles. The number of rotatable bonds is 6. The largest absolute Gasteiger partial charge is 0.294 e. The van der Waals surface area contributed by atoms with Crippen LogP contribution in [0.25, 0.3) is 0 Å². The van der Waals surface area contributed by atoms with Crippen LogP contribution in [0.1, 0.15) is 35.8 Å². The third-order valence-electron chi connectivity index (χ3n) is 2.83. The molecule has 96 valence electrons. The molecule has 0 fully saturated rings. The van der Waals surface area contributed by atoms with E-state index in [4.69, 9.17) is 0 Å². The van der Waals surface area contributed by atoms with Gasteiger partial charge < -0.3 is 0 Å². The lowest BCUT2D eigenvalue weighted by atomic mass is 10.1. The van der Waals surface area contributed by atoms with E-state index in [9.17, 15) is 13.2 Å². The predicted molar refractivity (Wildman–Crippen MR) is 65.8 cm³/mol. The van der Waals surface area contributed by atoms with Crippen LogP contribution in [0.2, 0.25) is 0 Å². The first-order chi connectivity index (χ1) is 7.87. The smallest absolute Gasteiger partial charge is 0.166 e. The Morgan fingerprint density at radius 3 is 2.59 bits per heavy atom. The molecule has 0 atom stereocenters. The van der Waals surface area contributed by atoms with Crippen LogP contribution in [-0.2, 0) is 16.9 Å². The van der Waals surface area contributed by atoms with Gasteiger partial charge in [0.1, 0.15) is 9.84 Å². The molecule has 5 nitrogen and oxygen atoms in total. The molecule has 0 aliphatic rings. The van der Waals surface area contributed by atoms with Crippen molar-refractivity contribution in [2.24, 2.45) is 7.05 Å². The Bertz CT molecular complexity index is 503. The van der Waals surface area contributed by atoms with E-state index in [0.29, 0.717) is 12.0 Å². The Labute approximate surface area is 102 Å². The van der Waals surface area contributed by atoms with Gasteiger partial charge in [0.25, 0.3) is 0 Å². The third kappa shape index (κ3) is 3.66. The number of sulfone groups is 1. The fourth-order valence-corrected chi connectivity index (χ4v) is 2.38. The maximum atomic E-state index is 11.8. The average molecular weight is 258 g/mol. The normalized spacial score (nSPS) is 11.7. The van der Waals surface area contributed by atoms with Crippen LogP contribution in [0.3, 0.4) is 0 Å². The van der Waals surface area contributed by atoms with Gasteiger partial charge in [0.15, 0.2) is 5.78 Å². The van der Waals surface area contributed by atoms with Gasteiger partial charge in [0.2, 0.25) is 0 Å². The summed E-state index contributed by atoms with van der Waals surface area (Å²) in [7, 11) is -1.20. The second kappa shape index (κ2) is 5.44. The number of ketones is 1. The summed E-state index contributed by atoms with van der Waals surface area (Å²) >= 11 is 0. The van der Waals surface area contributed by atoms with Gasteiger partial charge >= 0.3 is 0 Å². The van der Waals surface area contributed by atoms with E-state index in [-0.39, 0.29) is 23.7 Å². The Morgan fingerprint density at radius 1 is 1.47 bits per heavy atom. The van der Waals surface area contributed by atoms with Gasteiger partial charge in [0, 0.05) is 24.9 Å². The molecule has 0 aliphatic carbocycles. The third-order valence-corrected chi connectivity index (χ3v) is 4.62. The van der Waals surface area contributed by atoms with Crippen LogP contribution in [-0.4, -0.2) is 35.5 Å². The molecule has 1 aromatic heterocycles. The zero-order chi connectivity index (χ0) is 13.1. The van der Waals surface area contributed by atoms with E-state index in [0.717, 1.165) is 5.69 Å². The van der Waals surface area contributed by atoms with Crippen LogP contribution in [0.4, 0.5) is 0 Å². The maximum absolute atomic E-state index is 11.8. The minimum Gasteiger partial charge on any atom is -0.294 e. The van der Waals surface area contributed by atoms with Gasteiger partial charge in [-0.3, -0.25) is 9.48 Å². The average Bonchev–Trinajstić information content (AvgIpc) is 2.59. The van der Waals surface area contributed by atoms with Crippen LogP contribution < -0.4 is 0 Å². The summed E-state index contributed by atoms with van der Waals surface area (Å²) in [5, 5.41) is 3.99. The Hall–Kier alpha value is -1.17. The molecule has 1 aromatic rings. The lowest BCUT2D eigenvalue weighted by molar-refractivity contribution is 0.0981. The van der Waals surface area contributed by atoms with E-state index in [1.165, 1.54) is 6.20 Å². The zero-order valence-electron chi connectivity index (χ0n) is 10.4. The number of carbonyl (C=O) groups is 1. The molecule has 0 bridgehead atoms. The summed E-state index contributed by atoms with van der Waals surface area (Å²) in [6, 6.07) is 0. The van der Waals surface area contributed by atoms with E-state index in [2.05, 4.69) is 5.10 Å². The molecule has 0 spiro atoms. The fourth-order valence-electron chi connectivity index (χ4n) is 1.50. The van der Waals surface area contributed by atoms with Crippen molar-refractivity contribution < 1.29 is 13.2 Å². The molecule has 6 heteroatoms. The van der Waals surface area contributed by atoms with Crippen LogP contribution in [0.15, 0.2) is 6.20 Å². The zero-order valence-corrected chi connectivity index (χ0v) is 11.2. The topological polar surface area (TPSA) is 69.0 Å². The number of hydrogen-bond donors (Lipinski definition) is 0. The van der Waals surface area contributed by atoms with Gasteiger partial charge in [-0.1, -0.05) is 6.92 Å². The number of aromatic nitrogens is 2. The minimum atomic E-state index is -2.98. The van der Waals surface area contributed by atoms with Crippen molar-refractivity contribution in [1.82, 2.24) is 9.78 Å². The summed E-state index contributed by atoms with van der Waals surface area (Å²) in [4.78, 5) is 11.8. The summed E-state index contributed by atoms with van der Waals surface area (Å²) in [5.41, 5.74) is 1.40. The Morgan fingerprint density at radius 2 is 2.12 bits per heavy atom. The first-order valence-corrected chi connectivity index (χ1v) is 7.41. The van der Waals surface area contributed by atoms with Crippen molar-refractivity contribution in [2.75, 3.05) is 11.5 Å². The number of hydrogen-bond acceptors (Lipinski definition) is 4. The standard InChI is InChI=1S/C11H18N2O3S/c1-4-17(15,16)7-5-6-11(14)10-8-12-13(3)9(10)2/h8H,4-7H2,1-3H3. The van der Waals surface area contributed by atoms with Gasteiger partial charge in [-0.2, -0.15) is 5.10 Å². The Balaban J connectivity index is 2.54. The van der Waals surface area contributed by atoms with Gasteiger partial charge in [0.05, 0.1) is 17.5 Å². The van der Waals surface area contributed by atoms with E-state index >= 15 is 0 Å². The van der Waals surface area contributed by atoms with Crippen LogP contribution >= 0.6 is 0 Å². The summed E-state index contributed by atoms with van der Waals surface area (Å²) in [6.07, 6.45) is 2.17. The first kappa shape index (κ1) is 13.9. The molecular weight excluding hydrogens is 240 g/mol. The lowest BCUT2D eigenvalue weighted by Gasteiger charge is -2.01. The van der Waals surface area contributed by atoms with Gasteiger partial charge in [-0.15, -0.1) is 0 Å². The molecule has 0 aliphatic heterocycles. The molecular formula is C11H18N2O3S. The number of Topliss-reactive ketones (excluding diaryl/α,β-unsaturated/α-hetero) is 1. The quantitative estimate of drug-likeness (QED) is 0.717. The second-order valence-electron chi connectivity index (χ2n) is 4.03. The number of carbonyl (C=O) groups excluding carboxylic acids is 1. The van der Waals surface area contributed by atoms with Gasteiger partial charge in [-0.05, 0) is 13.3 Å². The van der Waals surface area contributed by atoms with Crippen molar-refractivity contribution >= 4 is 15.6 Å². The molecule has 0 unspecified atom stereocenters. The van der Waals surface area contributed by atoms with Crippen molar-refractivity contribution in [1.29, 1.82) is 0 Å².